The number of nitrogens with zero attached hydrogens (tertiary/aromatic N) is 1. The van der Waals surface area contributed by atoms with E-state index in [0.717, 1.165) is 0 Å². The van der Waals surface area contributed by atoms with Crippen molar-refractivity contribution < 1.29 is 32.6 Å². The molecule has 2 amide bonds. The first-order valence-corrected chi connectivity index (χ1v) is 10.7. The number of sulfonamides is 1. The number of methoxy groups -OCH3 is 1. The van der Waals surface area contributed by atoms with E-state index in [2.05, 4.69) is 10.6 Å². The van der Waals surface area contributed by atoms with Gasteiger partial charge in [0.05, 0.1) is 25.2 Å². The number of aryl methyl sites for hydroxylation is 1. The molecule has 3 N–H and O–H groups in total. The Labute approximate surface area is 170 Å². The lowest BCUT2D eigenvalue weighted by Crippen LogP contribution is -2.53. The second-order valence-electron chi connectivity index (χ2n) is 6.47. The molecule has 1 aliphatic rings. The third-order valence-electron chi connectivity index (χ3n) is 4.39. The van der Waals surface area contributed by atoms with Crippen LogP contribution in [-0.2, 0) is 24.3 Å². The Morgan fingerprint density at radius 2 is 2.03 bits per heavy atom. The van der Waals surface area contributed by atoms with E-state index in [1.54, 1.807) is 13.0 Å². The fraction of sp³-hybridized carbons (Fsp3) is 0.556. The van der Waals surface area contributed by atoms with Gasteiger partial charge in [0.2, 0.25) is 10.0 Å². The first-order valence-electron chi connectivity index (χ1n) is 9.26. The van der Waals surface area contributed by atoms with Crippen molar-refractivity contribution in [2.75, 3.05) is 40.0 Å². The molecule has 10 nitrogen and oxygen atoms in total. The summed E-state index contributed by atoms with van der Waals surface area (Å²) in [5, 5.41) is 13.5. The van der Waals surface area contributed by atoms with Crippen LogP contribution in [0.25, 0.3) is 0 Å². The molecule has 1 aromatic rings. The maximum absolute atomic E-state index is 13.1. The summed E-state index contributed by atoms with van der Waals surface area (Å²) in [6.07, 6.45) is -0.0799. The molecule has 1 fully saturated rings. The Bertz CT molecular complexity index is 829. The number of hydrogen-bond acceptors (Lipinski definition) is 7. The van der Waals surface area contributed by atoms with Gasteiger partial charge in [-0.25, -0.2) is 8.42 Å². The van der Waals surface area contributed by atoms with Crippen molar-refractivity contribution in [2.24, 2.45) is 0 Å². The lowest BCUT2D eigenvalue weighted by atomic mass is 10.2. The fourth-order valence-corrected chi connectivity index (χ4v) is 4.52. The zero-order chi connectivity index (χ0) is 21.4. The minimum atomic E-state index is -3.87. The Morgan fingerprint density at radius 1 is 1.31 bits per heavy atom. The maximum Gasteiger partial charge on any atom is 0.309 e. The molecule has 1 saturated heterocycles. The molecule has 162 valence electrons. The highest BCUT2D eigenvalue weighted by molar-refractivity contribution is 7.89. The summed E-state index contributed by atoms with van der Waals surface area (Å²) in [5.41, 5.74) is 0.677. The van der Waals surface area contributed by atoms with Crippen molar-refractivity contribution in [2.45, 2.75) is 30.9 Å². The molecular weight excluding hydrogens is 402 g/mol. The van der Waals surface area contributed by atoms with Gasteiger partial charge in [0.15, 0.2) is 0 Å². The maximum atomic E-state index is 13.1. The third kappa shape index (κ3) is 5.89. The molecular formula is C18H27N3O7S. The second-order valence-corrected chi connectivity index (χ2v) is 8.36. The van der Waals surface area contributed by atoms with Crippen LogP contribution in [0, 0.1) is 6.92 Å². The van der Waals surface area contributed by atoms with E-state index in [1.165, 1.54) is 23.5 Å². The van der Waals surface area contributed by atoms with Crippen molar-refractivity contribution in [3.63, 3.8) is 0 Å². The number of carbonyl (C=O) groups excluding carboxylic acids is 2. The minimum Gasteiger partial charge on any atom is -0.496 e. The minimum absolute atomic E-state index is 0.0966. The Kier molecular flexibility index (Phi) is 8.38. The molecule has 0 aliphatic carbocycles. The van der Waals surface area contributed by atoms with Crippen molar-refractivity contribution in [3.8, 4) is 5.75 Å². The number of benzene rings is 1. The fourth-order valence-electron chi connectivity index (χ4n) is 2.87. The molecule has 2 rings (SSSR count). The molecule has 1 heterocycles. The van der Waals surface area contributed by atoms with Crippen molar-refractivity contribution in [1.29, 1.82) is 0 Å². The topological polar surface area (TPSA) is 134 Å². The Morgan fingerprint density at radius 3 is 2.69 bits per heavy atom. The quantitative estimate of drug-likeness (QED) is 0.369. The lowest BCUT2D eigenvalue weighted by molar-refractivity contribution is -0.140. The van der Waals surface area contributed by atoms with Crippen LogP contribution in [0.5, 0.6) is 5.75 Å². The summed E-state index contributed by atoms with van der Waals surface area (Å²) in [6.45, 7) is 2.22. The van der Waals surface area contributed by atoms with Gasteiger partial charge in [0.1, 0.15) is 12.0 Å². The number of nitrogens with one attached hydrogen (secondary N) is 2. The first-order chi connectivity index (χ1) is 13.8. The SMILES string of the molecule is COc1ccc(S(=O)(=O)N2CCCOC2CNC(=O)C(=O)NCCCO)cc1C. The standard InChI is InChI=1S/C18H27N3O7S/c1-13-11-14(5-6-15(13)27-2)29(25,26)21-8-4-10-28-16(21)12-20-18(24)17(23)19-7-3-9-22/h5-6,11,16,22H,3-4,7-10,12H2,1-2H3,(H,19,23)(H,20,24). The van der Waals surface area contributed by atoms with Crippen molar-refractivity contribution >= 4 is 21.8 Å². The van der Waals surface area contributed by atoms with Crippen LogP contribution in [0.4, 0.5) is 0 Å². The van der Waals surface area contributed by atoms with Gasteiger partial charge in [-0.05, 0) is 43.5 Å². The molecule has 0 saturated carbocycles. The molecule has 1 aliphatic heterocycles. The van der Waals surface area contributed by atoms with E-state index >= 15 is 0 Å². The number of aliphatic hydroxyl groups is 1. The van der Waals surface area contributed by atoms with E-state index in [1.807, 2.05) is 0 Å². The predicted octanol–water partition coefficient (Wildman–Crippen LogP) is -0.644. The molecule has 0 bridgehead atoms. The van der Waals surface area contributed by atoms with Gasteiger partial charge >= 0.3 is 11.8 Å². The number of carbonyl (C=O) groups is 2. The monoisotopic (exact) mass is 429 g/mol. The number of rotatable bonds is 8. The molecule has 0 aromatic heterocycles. The van der Waals surface area contributed by atoms with Crippen LogP contribution in [0.1, 0.15) is 18.4 Å². The van der Waals surface area contributed by atoms with Crippen LogP contribution < -0.4 is 15.4 Å². The van der Waals surface area contributed by atoms with Crippen LogP contribution in [-0.4, -0.2) is 75.8 Å². The summed E-state index contributed by atoms with van der Waals surface area (Å²) in [6, 6.07) is 4.56. The Hall–Kier alpha value is -2.21. The number of aliphatic hydroxyl groups excluding tert-OH is 1. The molecule has 0 radical (unpaired) electrons. The van der Waals surface area contributed by atoms with Crippen LogP contribution in [0.3, 0.4) is 0 Å². The predicted molar refractivity (Wildman–Crippen MR) is 104 cm³/mol. The summed E-state index contributed by atoms with van der Waals surface area (Å²) < 4.78 is 38.1. The Balaban J connectivity index is 2.07. The van der Waals surface area contributed by atoms with E-state index in [-0.39, 0.29) is 31.1 Å². The molecule has 1 aromatic carbocycles. The molecule has 1 unspecified atom stereocenters. The highest BCUT2D eigenvalue weighted by Crippen LogP contribution is 2.26. The van der Waals surface area contributed by atoms with E-state index in [9.17, 15) is 18.0 Å². The molecule has 29 heavy (non-hydrogen) atoms. The summed E-state index contributed by atoms with van der Waals surface area (Å²) in [7, 11) is -2.36. The lowest BCUT2D eigenvalue weighted by Gasteiger charge is -2.34. The van der Waals surface area contributed by atoms with Crippen molar-refractivity contribution in [1.82, 2.24) is 14.9 Å². The van der Waals surface area contributed by atoms with E-state index in [4.69, 9.17) is 14.6 Å². The zero-order valence-corrected chi connectivity index (χ0v) is 17.3. The first kappa shape index (κ1) is 23.1. The average molecular weight is 429 g/mol. The van der Waals surface area contributed by atoms with Gasteiger partial charge in [-0.3, -0.25) is 9.59 Å². The van der Waals surface area contributed by atoms with Gasteiger partial charge in [-0.1, -0.05) is 0 Å². The van der Waals surface area contributed by atoms with Gasteiger partial charge in [0.25, 0.3) is 0 Å². The van der Waals surface area contributed by atoms with Crippen LogP contribution in [0.15, 0.2) is 23.1 Å². The average Bonchev–Trinajstić information content (AvgIpc) is 2.72. The van der Waals surface area contributed by atoms with Crippen LogP contribution in [0.2, 0.25) is 0 Å². The summed E-state index contributed by atoms with van der Waals surface area (Å²) in [5.74, 6) is -1.17. The van der Waals surface area contributed by atoms with Crippen LogP contribution >= 0.6 is 0 Å². The van der Waals surface area contributed by atoms with Gasteiger partial charge in [-0.2, -0.15) is 4.31 Å². The van der Waals surface area contributed by atoms with Gasteiger partial charge in [0, 0.05) is 19.7 Å². The second kappa shape index (κ2) is 10.5. The number of ether oxygens (including phenoxy) is 2. The van der Waals surface area contributed by atoms with Gasteiger partial charge < -0.3 is 25.2 Å². The smallest absolute Gasteiger partial charge is 0.309 e. The van der Waals surface area contributed by atoms with Crippen molar-refractivity contribution in [3.05, 3.63) is 23.8 Å². The summed E-state index contributed by atoms with van der Waals surface area (Å²) >= 11 is 0. The summed E-state index contributed by atoms with van der Waals surface area (Å²) in [4.78, 5) is 23.7. The number of amides is 2. The highest BCUT2D eigenvalue weighted by atomic mass is 32.2. The number of hydrogen-bond donors (Lipinski definition) is 3. The zero-order valence-electron chi connectivity index (χ0n) is 16.5. The molecule has 1 atom stereocenters. The molecule has 11 heteroatoms. The van der Waals surface area contributed by atoms with E-state index < -0.39 is 28.1 Å². The normalized spacial score (nSPS) is 17.6. The van der Waals surface area contributed by atoms with E-state index in [0.29, 0.717) is 30.8 Å². The van der Waals surface area contributed by atoms with Gasteiger partial charge in [-0.15, -0.1) is 0 Å². The highest BCUT2D eigenvalue weighted by Gasteiger charge is 2.35. The third-order valence-corrected chi connectivity index (χ3v) is 6.28. The largest absolute Gasteiger partial charge is 0.496 e. The molecule has 0 spiro atoms.